The third-order valence-electron chi connectivity index (χ3n) is 6.95. The molecule has 2 amide bonds. The number of hydrogen-bond donors (Lipinski definition) is 2. The van der Waals surface area contributed by atoms with Crippen molar-refractivity contribution >= 4 is 37.2 Å². The van der Waals surface area contributed by atoms with Crippen LogP contribution in [-0.2, 0) is 19.5 Å². The van der Waals surface area contributed by atoms with Gasteiger partial charge in [0.1, 0.15) is 17.0 Å². The van der Waals surface area contributed by atoms with Crippen LogP contribution < -0.4 is 11.1 Å². The van der Waals surface area contributed by atoms with Crippen molar-refractivity contribution in [2.75, 3.05) is 18.5 Å². The van der Waals surface area contributed by atoms with Gasteiger partial charge in [0, 0.05) is 17.1 Å². The highest BCUT2D eigenvalue weighted by atomic mass is 28.4. The minimum atomic E-state index is -2.14. The predicted molar refractivity (Wildman–Crippen MR) is 149 cm³/mol. The van der Waals surface area contributed by atoms with E-state index in [1.807, 2.05) is 18.2 Å². The van der Waals surface area contributed by atoms with Crippen molar-refractivity contribution in [1.82, 2.24) is 14.5 Å². The Morgan fingerprint density at radius 3 is 2.39 bits per heavy atom. The van der Waals surface area contributed by atoms with E-state index >= 15 is 0 Å². The molecule has 10 nitrogen and oxygen atoms in total. The van der Waals surface area contributed by atoms with Crippen LogP contribution in [0.2, 0.25) is 18.1 Å². The summed E-state index contributed by atoms with van der Waals surface area (Å²) in [5.41, 5.74) is 6.57. The molecule has 0 aromatic carbocycles. The number of rotatable bonds is 5. The zero-order chi connectivity index (χ0) is 28.1. The highest BCUT2D eigenvalue weighted by Gasteiger charge is 2.50. The molecule has 0 atom stereocenters. The number of primary amides is 1. The van der Waals surface area contributed by atoms with Gasteiger partial charge in [-0.15, -0.1) is 0 Å². The smallest absolute Gasteiger partial charge is 0.419 e. The van der Waals surface area contributed by atoms with Crippen molar-refractivity contribution in [3.05, 3.63) is 42.4 Å². The van der Waals surface area contributed by atoms with Crippen molar-refractivity contribution in [3.63, 3.8) is 0 Å². The Hall–Kier alpha value is -3.28. The standard InChI is InChI=1S/C27H37N5O5Si/c1-25(2,3)36-24(34)32-14-18(17-12-22(31-23(28)33)29-13-20(17)32)19-10-9-11-21(30-19)27(15-35-16-27)37-38(7,8)26(4,5)6/h9-14H,15-16H2,1-8H3,(H3,28,29,31,33). The van der Waals surface area contributed by atoms with Crippen LogP contribution >= 0.6 is 0 Å². The first-order chi connectivity index (χ1) is 17.5. The molecule has 0 radical (unpaired) electrons. The van der Waals surface area contributed by atoms with Gasteiger partial charge in [0.05, 0.1) is 36.3 Å². The maximum Gasteiger partial charge on any atom is 0.419 e. The van der Waals surface area contributed by atoms with Crippen LogP contribution in [0.3, 0.4) is 0 Å². The van der Waals surface area contributed by atoms with Crippen LogP contribution in [0.15, 0.2) is 36.7 Å². The van der Waals surface area contributed by atoms with Crippen LogP contribution in [0, 0.1) is 0 Å². The fourth-order valence-electron chi connectivity index (χ4n) is 4.01. The number of pyridine rings is 2. The second-order valence-corrected chi connectivity index (χ2v) is 17.0. The van der Waals surface area contributed by atoms with Crippen LogP contribution in [-0.4, -0.2) is 53.8 Å². The lowest BCUT2D eigenvalue weighted by molar-refractivity contribution is -0.176. The number of nitrogens with one attached hydrogen (secondary N) is 1. The Kier molecular flexibility index (Phi) is 6.92. The number of nitrogens with two attached hydrogens (primary N) is 1. The molecular formula is C27H37N5O5Si. The van der Waals surface area contributed by atoms with E-state index in [2.05, 4.69) is 44.2 Å². The monoisotopic (exact) mass is 539 g/mol. The quantitative estimate of drug-likeness (QED) is 0.402. The largest absolute Gasteiger partial charge is 0.443 e. The zero-order valence-corrected chi connectivity index (χ0v) is 24.3. The van der Waals surface area contributed by atoms with E-state index in [0.29, 0.717) is 35.4 Å². The number of aromatic nitrogens is 3. The molecule has 4 heterocycles. The molecule has 0 saturated carbocycles. The van der Waals surface area contributed by atoms with Crippen LogP contribution in [0.5, 0.6) is 0 Å². The number of urea groups is 1. The first-order valence-corrected chi connectivity index (χ1v) is 15.5. The number of hydrogen-bond acceptors (Lipinski definition) is 7. The second-order valence-electron chi connectivity index (χ2n) is 12.2. The van der Waals surface area contributed by atoms with Gasteiger partial charge in [-0.05, 0) is 57.1 Å². The minimum absolute atomic E-state index is 0.0187. The van der Waals surface area contributed by atoms with Gasteiger partial charge in [-0.1, -0.05) is 26.8 Å². The number of anilines is 1. The molecule has 0 bridgehead atoms. The van der Waals surface area contributed by atoms with Crippen molar-refractivity contribution in [2.45, 2.75) is 70.9 Å². The van der Waals surface area contributed by atoms with E-state index in [4.69, 9.17) is 24.6 Å². The summed E-state index contributed by atoms with van der Waals surface area (Å²) in [6.45, 7) is 17.3. The number of amides is 2. The molecule has 4 rings (SSSR count). The molecule has 1 saturated heterocycles. The summed E-state index contributed by atoms with van der Waals surface area (Å²) < 4.78 is 19.5. The van der Waals surface area contributed by atoms with Gasteiger partial charge in [0.2, 0.25) is 0 Å². The van der Waals surface area contributed by atoms with Crippen molar-refractivity contribution in [3.8, 4) is 11.3 Å². The molecular weight excluding hydrogens is 502 g/mol. The zero-order valence-electron chi connectivity index (χ0n) is 23.3. The fraction of sp³-hybridized carbons (Fsp3) is 0.481. The molecule has 3 aromatic heterocycles. The molecule has 1 aliphatic rings. The number of ether oxygens (including phenoxy) is 2. The van der Waals surface area contributed by atoms with Crippen molar-refractivity contribution < 1.29 is 23.5 Å². The summed E-state index contributed by atoms with van der Waals surface area (Å²) in [5.74, 6) is 0.259. The van der Waals surface area contributed by atoms with Gasteiger partial charge < -0.3 is 19.6 Å². The summed E-state index contributed by atoms with van der Waals surface area (Å²) in [4.78, 5) is 33.8. The molecule has 1 aliphatic heterocycles. The molecule has 3 aromatic rings. The van der Waals surface area contributed by atoms with Gasteiger partial charge in [0.15, 0.2) is 8.32 Å². The van der Waals surface area contributed by atoms with Crippen LogP contribution in [0.4, 0.5) is 15.4 Å². The number of carbonyl (C=O) groups excluding carboxylic acids is 2. The first kappa shape index (κ1) is 27.7. The predicted octanol–water partition coefficient (Wildman–Crippen LogP) is 5.62. The number of fused-ring (bicyclic) bond motifs is 1. The molecule has 1 fully saturated rings. The summed E-state index contributed by atoms with van der Waals surface area (Å²) in [5, 5.41) is 3.17. The SMILES string of the molecule is CC(C)(C)OC(=O)n1cc(-c2cccc(C3(O[Si](C)(C)C(C)(C)C)COC3)n2)c2cc(NC(N)=O)ncc21. The lowest BCUT2D eigenvalue weighted by Gasteiger charge is -2.49. The normalized spacial score (nSPS) is 15.7. The van der Waals surface area contributed by atoms with E-state index in [-0.39, 0.29) is 10.9 Å². The van der Waals surface area contributed by atoms with Gasteiger partial charge in [-0.25, -0.2) is 19.6 Å². The summed E-state index contributed by atoms with van der Waals surface area (Å²) in [6.07, 6.45) is 2.63. The lowest BCUT2D eigenvalue weighted by Crippen LogP contribution is -2.57. The highest BCUT2D eigenvalue weighted by Crippen LogP contribution is 2.44. The maximum atomic E-state index is 13.1. The topological polar surface area (TPSA) is 131 Å². The Bertz CT molecular complexity index is 1380. The lowest BCUT2D eigenvalue weighted by atomic mass is 9.96. The molecule has 204 valence electrons. The van der Waals surface area contributed by atoms with Crippen molar-refractivity contribution in [1.29, 1.82) is 0 Å². The van der Waals surface area contributed by atoms with E-state index in [1.165, 1.54) is 10.8 Å². The number of carbonyl (C=O) groups is 2. The average Bonchev–Trinajstić information content (AvgIpc) is 3.13. The Morgan fingerprint density at radius 1 is 1.16 bits per heavy atom. The average molecular weight is 540 g/mol. The molecule has 0 spiro atoms. The van der Waals surface area contributed by atoms with Gasteiger partial charge in [-0.2, -0.15) is 0 Å². The van der Waals surface area contributed by atoms with Crippen LogP contribution in [0.25, 0.3) is 22.2 Å². The maximum absolute atomic E-state index is 13.1. The van der Waals surface area contributed by atoms with Gasteiger partial charge in [-0.3, -0.25) is 9.88 Å². The molecule has 0 unspecified atom stereocenters. The third-order valence-corrected chi connectivity index (χ3v) is 11.5. The molecule has 3 N–H and O–H groups in total. The highest BCUT2D eigenvalue weighted by molar-refractivity contribution is 6.74. The van der Waals surface area contributed by atoms with Crippen molar-refractivity contribution in [2.24, 2.45) is 5.73 Å². The van der Waals surface area contributed by atoms with Gasteiger partial charge >= 0.3 is 12.1 Å². The van der Waals surface area contributed by atoms with E-state index in [1.54, 1.807) is 33.0 Å². The van der Waals surface area contributed by atoms with E-state index in [9.17, 15) is 9.59 Å². The summed E-state index contributed by atoms with van der Waals surface area (Å²) in [7, 11) is -2.14. The fourth-order valence-corrected chi connectivity index (χ4v) is 5.52. The third kappa shape index (κ3) is 5.45. The van der Waals surface area contributed by atoms with E-state index < -0.39 is 31.6 Å². The minimum Gasteiger partial charge on any atom is -0.443 e. The van der Waals surface area contributed by atoms with Gasteiger partial charge in [0.25, 0.3) is 0 Å². The Balaban J connectivity index is 1.83. The summed E-state index contributed by atoms with van der Waals surface area (Å²) in [6, 6.07) is 6.68. The molecule has 11 heteroatoms. The number of nitrogens with zero attached hydrogens (tertiary/aromatic N) is 3. The van der Waals surface area contributed by atoms with E-state index in [0.717, 1.165) is 5.69 Å². The molecule has 38 heavy (non-hydrogen) atoms. The Morgan fingerprint density at radius 2 is 1.84 bits per heavy atom. The first-order valence-electron chi connectivity index (χ1n) is 12.6. The Labute approximate surface area is 224 Å². The molecule has 0 aliphatic carbocycles. The summed E-state index contributed by atoms with van der Waals surface area (Å²) >= 11 is 0. The van der Waals surface area contributed by atoms with Crippen LogP contribution in [0.1, 0.15) is 47.2 Å². The second kappa shape index (κ2) is 9.48.